The Bertz CT molecular complexity index is 3.25. The molecule has 0 aromatic rings. The fourth-order valence-corrected chi connectivity index (χ4v) is 0. The molecule has 0 radical (unpaired) electrons. The first-order chi connectivity index (χ1) is 0. The Hall–Kier alpha value is 3.12. The zero-order chi connectivity index (χ0) is 0. The number of hydrogen-bond acceptors (Lipinski definition) is 0. The third kappa shape index (κ3) is 8.93. The van der Waals surface area contributed by atoms with Crippen molar-refractivity contribution < 1.29 is 93.3 Å². The van der Waals surface area contributed by atoms with Gasteiger partial charge in [-0.25, -0.2) is 0 Å². The van der Waals surface area contributed by atoms with Gasteiger partial charge in [0.15, 0.2) is 0 Å². The van der Waals surface area contributed by atoms with E-state index in [9.17, 15) is 0 Å². The Morgan fingerprint density at radius 3 is 0.500 bits per heavy atom. The SMILES string of the molecule is [NH2-].[U].[U].[U]. The van der Waals surface area contributed by atoms with E-state index < -0.39 is 0 Å². The molecular formula is H2NU3-. The van der Waals surface area contributed by atoms with Gasteiger partial charge in [0.2, 0.25) is 0 Å². The van der Waals surface area contributed by atoms with E-state index in [1.54, 1.807) is 0 Å². The van der Waals surface area contributed by atoms with Gasteiger partial charge < -0.3 is 6.15 Å². The van der Waals surface area contributed by atoms with Gasteiger partial charge in [-0.1, -0.05) is 0 Å². The fourth-order valence-electron chi connectivity index (χ4n) is 0. The summed E-state index contributed by atoms with van der Waals surface area (Å²) in [6.07, 6.45) is 0. The number of nitrogens with two attached hydrogens (primary N) is 1. The Morgan fingerprint density at radius 2 is 0.500 bits per heavy atom. The van der Waals surface area contributed by atoms with Crippen LogP contribution in [-0.4, -0.2) is 0 Å². The maximum atomic E-state index is 0. The second-order valence-electron chi connectivity index (χ2n) is 0. The first kappa shape index (κ1) is 27.4. The van der Waals surface area contributed by atoms with Crippen LogP contribution >= 0.6 is 0 Å². The summed E-state index contributed by atoms with van der Waals surface area (Å²) in [5, 5.41) is 0. The van der Waals surface area contributed by atoms with Crippen molar-refractivity contribution in [3.8, 4) is 0 Å². The van der Waals surface area contributed by atoms with Crippen molar-refractivity contribution in [2.75, 3.05) is 0 Å². The van der Waals surface area contributed by atoms with Gasteiger partial charge in [-0.05, 0) is 0 Å². The van der Waals surface area contributed by atoms with Crippen LogP contribution in [0.5, 0.6) is 0 Å². The predicted octanol–water partition coefficient (Wildman–Crippen LogP) is 0.717. The summed E-state index contributed by atoms with van der Waals surface area (Å²) in [6, 6.07) is 0. The molecule has 2 N–H and O–H groups in total. The number of hydrogen-bond donors (Lipinski definition) is 0. The molecule has 0 saturated carbocycles. The van der Waals surface area contributed by atoms with E-state index in [4.69, 9.17) is 0 Å². The van der Waals surface area contributed by atoms with Crippen molar-refractivity contribution in [1.82, 2.24) is 0 Å². The van der Waals surface area contributed by atoms with Crippen LogP contribution in [0.3, 0.4) is 0 Å². The molecule has 0 aliphatic carbocycles. The smallest absolute Gasteiger partial charge is 0 e. The quantitative estimate of drug-likeness (QED) is 0.353. The molecule has 0 amide bonds. The Morgan fingerprint density at radius 1 is 0.500 bits per heavy atom. The summed E-state index contributed by atoms with van der Waals surface area (Å²) in [5.74, 6) is 0. The van der Waals surface area contributed by atoms with Gasteiger partial charge in [0.25, 0.3) is 0 Å². The van der Waals surface area contributed by atoms with Crippen LogP contribution in [0.4, 0.5) is 0 Å². The van der Waals surface area contributed by atoms with Crippen molar-refractivity contribution in [1.29, 1.82) is 0 Å². The second-order valence-corrected chi connectivity index (χ2v) is 0. The third-order valence-electron chi connectivity index (χ3n) is 0. The molecule has 0 unspecified atom stereocenters. The predicted molar refractivity (Wildman–Crippen MR) is 5.28 cm³/mol. The topological polar surface area (TPSA) is 33.5 Å². The maximum absolute atomic E-state index is 0. The van der Waals surface area contributed by atoms with Gasteiger partial charge in [-0.3, -0.25) is 0 Å². The van der Waals surface area contributed by atoms with Crippen LogP contribution in [0.2, 0.25) is 0 Å². The monoisotopic (exact) mass is 730 g/mol. The van der Waals surface area contributed by atoms with Gasteiger partial charge in [-0.15, -0.1) is 0 Å². The molecule has 0 saturated heterocycles. The molecule has 0 bridgehead atoms. The van der Waals surface area contributed by atoms with Gasteiger partial charge >= 0.3 is 0 Å². The summed E-state index contributed by atoms with van der Waals surface area (Å²) < 4.78 is 0. The largest absolute Gasteiger partial charge is 0.693 e. The van der Waals surface area contributed by atoms with Crippen LogP contribution in [-0.2, 0) is 0 Å². The molecule has 0 aliphatic rings. The van der Waals surface area contributed by atoms with Crippen LogP contribution in [0.1, 0.15) is 0 Å². The van der Waals surface area contributed by atoms with E-state index in [2.05, 4.69) is 0 Å². The van der Waals surface area contributed by atoms with Crippen molar-refractivity contribution in [3.05, 3.63) is 6.15 Å². The van der Waals surface area contributed by atoms with E-state index in [1.807, 2.05) is 0 Å². The normalized spacial score (nSPS) is 0. The van der Waals surface area contributed by atoms with Crippen molar-refractivity contribution in [3.63, 3.8) is 0 Å². The average Bonchev–Trinajstić information content (AvgIpc) is 0. The van der Waals surface area contributed by atoms with Crippen molar-refractivity contribution >= 4 is 0 Å². The molecule has 4 heteroatoms. The Balaban J connectivity index is 0. The molecule has 4 heavy (non-hydrogen) atoms. The molecular weight excluding hydrogens is 728 g/mol. The molecule has 0 aromatic carbocycles. The van der Waals surface area contributed by atoms with Crippen molar-refractivity contribution in [2.24, 2.45) is 0 Å². The first-order valence-corrected chi connectivity index (χ1v) is 0. The first-order valence-electron chi connectivity index (χ1n) is 0. The Kier molecular flexibility index (Phi) is 113. The third-order valence-corrected chi connectivity index (χ3v) is 0. The maximum Gasteiger partial charge on any atom is 0 e. The van der Waals surface area contributed by atoms with E-state index in [-0.39, 0.29) is 99.5 Å². The molecule has 0 fully saturated rings. The standard InChI is InChI=1S/H2N.3U/h1H2;;;/q-1;;;. The Labute approximate surface area is 97.1 Å². The van der Waals surface area contributed by atoms with Gasteiger partial charge in [-0.2, -0.15) is 0 Å². The summed E-state index contributed by atoms with van der Waals surface area (Å²) >= 11 is 0. The summed E-state index contributed by atoms with van der Waals surface area (Å²) in [7, 11) is 0. The minimum atomic E-state index is 0. The van der Waals surface area contributed by atoms with E-state index in [0.29, 0.717) is 0 Å². The fraction of sp³-hybridized carbons (Fsp3) is 0. The molecule has 0 heterocycles. The summed E-state index contributed by atoms with van der Waals surface area (Å²) in [6.45, 7) is 0. The van der Waals surface area contributed by atoms with Crippen LogP contribution in [0, 0.1) is 93.3 Å². The molecule has 0 aliphatic heterocycles. The van der Waals surface area contributed by atoms with Crippen molar-refractivity contribution in [2.45, 2.75) is 0 Å². The van der Waals surface area contributed by atoms with Gasteiger partial charge in [0.1, 0.15) is 0 Å². The van der Waals surface area contributed by atoms with E-state index in [1.165, 1.54) is 0 Å². The molecule has 0 aromatic heterocycles. The molecule has 20 valence electrons. The van der Waals surface area contributed by atoms with Crippen LogP contribution < -0.4 is 0 Å². The van der Waals surface area contributed by atoms with Crippen LogP contribution in [0.25, 0.3) is 6.15 Å². The molecule has 0 spiro atoms. The van der Waals surface area contributed by atoms with Gasteiger partial charge in [0, 0.05) is 93.3 Å². The zero-order valence-electron chi connectivity index (χ0n) is 2.08. The summed E-state index contributed by atoms with van der Waals surface area (Å²) in [4.78, 5) is 0. The molecule has 0 rings (SSSR count). The molecule has 1 nitrogen and oxygen atoms in total. The van der Waals surface area contributed by atoms with E-state index in [0.717, 1.165) is 0 Å². The summed E-state index contributed by atoms with van der Waals surface area (Å²) in [5.41, 5.74) is 0. The minimum Gasteiger partial charge on any atom is -0.693 e. The zero-order valence-corrected chi connectivity index (χ0v) is 14.6. The second kappa shape index (κ2) is 16.5. The molecule has 0 atom stereocenters. The minimum absolute atomic E-state index is 0. The average molecular weight is 730 g/mol. The van der Waals surface area contributed by atoms with Gasteiger partial charge in [0.05, 0.1) is 0 Å². The number of rotatable bonds is 0. The van der Waals surface area contributed by atoms with Crippen LogP contribution in [0.15, 0.2) is 0 Å². The van der Waals surface area contributed by atoms with E-state index >= 15 is 0 Å².